The van der Waals surface area contributed by atoms with Crippen molar-refractivity contribution in [1.29, 1.82) is 0 Å². The largest absolute Gasteiger partial charge is 0.469 e. The molecular formula is C22H35N3O7S2. The van der Waals surface area contributed by atoms with Crippen LogP contribution in [0.4, 0.5) is 0 Å². The molecule has 0 aromatic carbocycles. The van der Waals surface area contributed by atoms with Gasteiger partial charge in [0.25, 0.3) is 0 Å². The molecule has 2 N–H and O–H groups in total. The average Bonchev–Trinajstić information content (AvgIpc) is 3.54. The lowest BCUT2D eigenvalue weighted by molar-refractivity contribution is -0.147. The van der Waals surface area contributed by atoms with Crippen molar-refractivity contribution < 1.29 is 33.4 Å². The predicted molar refractivity (Wildman–Crippen MR) is 130 cm³/mol. The molecule has 0 aromatic heterocycles. The fourth-order valence-corrected chi connectivity index (χ4v) is 6.97. The lowest BCUT2D eigenvalue weighted by atomic mass is 10.1. The van der Waals surface area contributed by atoms with Crippen LogP contribution in [0.1, 0.15) is 57.8 Å². The van der Waals surface area contributed by atoms with Crippen LogP contribution in [-0.2, 0) is 33.4 Å². The maximum atomic E-state index is 12.8. The van der Waals surface area contributed by atoms with Gasteiger partial charge in [0.1, 0.15) is 12.1 Å². The zero-order chi connectivity index (χ0) is 24.9. The highest BCUT2D eigenvalue weighted by atomic mass is 33.1. The molecule has 3 amide bonds. The van der Waals surface area contributed by atoms with Gasteiger partial charge >= 0.3 is 11.9 Å². The third-order valence-corrected chi connectivity index (χ3v) is 8.89. The lowest BCUT2D eigenvalue weighted by Crippen LogP contribution is -2.52. The van der Waals surface area contributed by atoms with E-state index < -0.39 is 29.9 Å². The van der Waals surface area contributed by atoms with Crippen LogP contribution in [0.25, 0.3) is 0 Å². The van der Waals surface area contributed by atoms with E-state index in [1.165, 1.54) is 31.3 Å². The van der Waals surface area contributed by atoms with Crippen LogP contribution in [0, 0.1) is 0 Å². The van der Waals surface area contributed by atoms with Crippen molar-refractivity contribution in [2.75, 3.05) is 33.1 Å². The first-order chi connectivity index (χ1) is 16.3. The van der Waals surface area contributed by atoms with Crippen molar-refractivity contribution in [3.63, 3.8) is 0 Å². The van der Waals surface area contributed by atoms with Crippen LogP contribution in [0.3, 0.4) is 0 Å². The third kappa shape index (κ3) is 9.36. The fourth-order valence-electron chi connectivity index (χ4n) is 3.95. The molecular weight excluding hydrogens is 482 g/mol. The second kappa shape index (κ2) is 15.1. The zero-order valence-corrected chi connectivity index (χ0v) is 21.5. The lowest BCUT2D eigenvalue weighted by Gasteiger charge is -2.26. The van der Waals surface area contributed by atoms with Gasteiger partial charge in [-0.15, -0.1) is 0 Å². The number of amides is 3. The summed E-state index contributed by atoms with van der Waals surface area (Å²) in [6, 6.07) is -1.76. The van der Waals surface area contributed by atoms with Crippen molar-refractivity contribution in [3.05, 3.63) is 0 Å². The molecule has 0 spiro atoms. The Morgan fingerprint density at radius 1 is 1.06 bits per heavy atom. The molecule has 192 valence electrons. The Kier molecular flexibility index (Phi) is 12.6. The minimum Gasteiger partial charge on any atom is -0.469 e. The van der Waals surface area contributed by atoms with Crippen molar-refractivity contribution in [1.82, 2.24) is 15.5 Å². The van der Waals surface area contributed by atoms with Crippen LogP contribution in [0.5, 0.6) is 0 Å². The second-order valence-corrected chi connectivity index (χ2v) is 11.1. The molecule has 0 aromatic rings. The normalized spacial score (nSPS) is 20.5. The quantitative estimate of drug-likeness (QED) is 0.211. The van der Waals surface area contributed by atoms with E-state index in [1.54, 1.807) is 0 Å². The van der Waals surface area contributed by atoms with Gasteiger partial charge in [0, 0.05) is 30.4 Å². The molecule has 2 heterocycles. The number of rotatable bonds is 13. The fraction of sp³-hybridized carbons (Fsp3) is 0.773. The van der Waals surface area contributed by atoms with E-state index in [1.807, 2.05) is 21.6 Å². The maximum absolute atomic E-state index is 12.8. The number of hydrogen-bond acceptors (Lipinski definition) is 9. The molecule has 0 bridgehead atoms. The topological polar surface area (TPSA) is 131 Å². The van der Waals surface area contributed by atoms with E-state index in [9.17, 15) is 24.0 Å². The Hall–Kier alpha value is -1.95. The minimum atomic E-state index is -1.02. The Bertz CT molecular complexity index is 731. The first-order valence-corrected chi connectivity index (χ1v) is 14.0. The van der Waals surface area contributed by atoms with Gasteiger partial charge in [0.2, 0.25) is 17.7 Å². The summed E-state index contributed by atoms with van der Waals surface area (Å²) in [5.74, 6) is -0.978. The molecule has 0 saturated carbocycles. The molecule has 3 atom stereocenters. The SMILES string of the molecule is COC(=O)CC[C@H](NC(=O)[C@@H]1CCCN1C(=O)CNC(=O)CCCC[C@H]1CCSS1)C(=O)OC. The zero-order valence-electron chi connectivity index (χ0n) is 19.8. The second-order valence-electron chi connectivity index (χ2n) is 8.30. The van der Waals surface area contributed by atoms with E-state index in [2.05, 4.69) is 15.4 Å². The smallest absolute Gasteiger partial charge is 0.328 e. The first-order valence-electron chi connectivity index (χ1n) is 11.6. The molecule has 0 unspecified atom stereocenters. The summed E-state index contributed by atoms with van der Waals surface area (Å²) in [4.78, 5) is 62.5. The Balaban J connectivity index is 1.76. The molecule has 2 saturated heterocycles. The number of ether oxygens (including phenoxy) is 2. The standard InChI is InChI=1S/C22H35N3O7S2/c1-31-20(28)10-9-16(22(30)32-2)24-21(29)17-7-5-12-25(17)19(27)14-23-18(26)8-4-3-6-15-11-13-33-34-15/h15-17H,3-14H2,1-2H3,(H,23,26)(H,24,29)/t15-,16-,17-/m0/s1. The van der Waals surface area contributed by atoms with Crippen LogP contribution < -0.4 is 10.6 Å². The molecule has 2 aliphatic heterocycles. The molecule has 0 radical (unpaired) electrons. The Morgan fingerprint density at radius 3 is 2.53 bits per heavy atom. The van der Waals surface area contributed by atoms with E-state index in [-0.39, 0.29) is 31.2 Å². The number of hydrogen-bond donors (Lipinski definition) is 2. The van der Waals surface area contributed by atoms with Gasteiger partial charge in [-0.2, -0.15) is 0 Å². The van der Waals surface area contributed by atoms with E-state index in [0.717, 1.165) is 19.3 Å². The van der Waals surface area contributed by atoms with Gasteiger partial charge in [-0.05, 0) is 38.5 Å². The highest BCUT2D eigenvalue weighted by Gasteiger charge is 2.36. The van der Waals surface area contributed by atoms with Crippen molar-refractivity contribution in [2.24, 2.45) is 0 Å². The molecule has 0 aliphatic carbocycles. The first kappa shape index (κ1) is 28.3. The summed E-state index contributed by atoms with van der Waals surface area (Å²) < 4.78 is 9.29. The molecule has 12 heteroatoms. The van der Waals surface area contributed by atoms with Crippen molar-refractivity contribution >= 4 is 51.2 Å². The van der Waals surface area contributed by atoms with Crippen molar-refractivity contribution in [3.8, 4) is 0 Å². The van der Waals surface area contributed by atoms with Crippen molar-refractivity contribution in [2.45, 2.75) is 75.1 Å². The van der Waals surface area contributed by atoms with Gasteiger partial charge in [0.15, 0.2) is 0 Å². The maximum Gasteiger partial charge on any atom is 0.328 e. The number of carbonyl (C=O) groups excluding carboxylic acids is 5. The molecule has 2 fully saturated rings. The monoisotopic (exact) mass is 517 g/mol. The van der Waals surface area contributed by atoms with E-state index in [0.29, 0.717) is 31.1 Å². The summed E-state index contributed by atoms with van der Waals surface area (Å²) in [6.45, 7) is 0.232. The number of likely N-dealkylation sites (tertiary alicyclic amines) is 1. The number of esters is 2. The summed E-state index contributed by atoms with van der Waals surface area (Å²) in [5.41, 5.74) is 0. The number of unbranched alkanes of at least 4 members (excludes halogenated alkanes) is 1. The summed E-state index contributed by atoms with van der Waals surface area (Å²) in [5, 5.41) is 5.94. The molecule has 10 nitrogen and oxygen atoms in total. The van der Waals surface area contributed by atoms with Crippen LogP contribution in [0.2, 0.25) is 0 Å². The predicted octanol–water partition coefficient (Wildman–Crippen LogP) is 1.42. The molecule has 34 heavy (non-hydrogen) atoms. The Labute approximate surface area is 208 Å². The Morgan fingerprint density at radius 2 is 1.85 bits per heavy atom. The van der Waals surface area contributed by atoms with E-state index >= 15 is 0 Å². The van der Waals surface area contributed by atoms with Gasteiger partial charge < -0.3 is 25.0 Å². The summed E-state index contributed by atoms with van der Waals surface area (Å²) in [6.07, 6.45) is 5.56. The number of carbonyl (C=O) groups is 5. The average molecular weight is 518 g/mol. The molecule has 2 aliphatic rings. The van der Waals surface area contributed by atoms with Gasteiger partial charge in [0.05, 0.1) is 20.8 Å². The number of nitrogens with one attached hydrogen (secondary N) is 2. The van der Waals surface area contributed by atoms with Gasteiger partial charge in [-0.25, -0.2) is 4.79 Å². The number of nitrogens with zero attached hydrogens (tertiary/aromatic N) is 1. The third-order valence-electron chi connectivity index (χ3n) is 5.89. The highest BCUT2D eigenvalue weighted by molar-refractivity contribution is 8.77. The molecule has 2 rings (SSSR count). The van der Waals surface area contributed by atoms with Crippen LogP contribution >= 0.6 is 21.6 Å². The summed E-state index contributed by atoms with van der Waals surface area (Å²) >= 11 is 0. The highest BCUT2D eigenvalue weighted by Crippen LogP contribution is 2.39. The van der Waals surface area contributed by atoms with Gasteiger partial charge in [-0.1, -0.05) is 28.0 Å². The van der Waals surface area contributed by atoms with Crippen LogP contribution in [0.15, 0.2) is 0 Å². The van der Waals surface area contributed by atoms with Gasteiger partial charge in [-0.3, -0.25) is 19.2 Å². The van der Waals surface area contributed by atoms with E-state index in [4.69, 9.17) is 4.74 Å². The summed E-state index contributed by atoms with van der Waals surface area (Å²) in [7, 11) is 6.27. The minimum absolute atomic E-state index is 0.0279. The number of methoxy groups -OCH3 is 2. The van der Waals surface area contributed by atoms with Crippen LogP contribution in [-0.4, -0.2) is 85.0 Å².